The minimum absolute atomic E-state index is 0.0355. The van der Waals surface area contributed by atoms with Crippen LogP contribution in [0.5, 0.6) is 11.6 Å². The van der Waals surface area contributed by atoms with Crippen molar-refractivity contribution >= 4 is 55.9 Å². The third-order valence-corrected chi connectivity index (χ3v) is 11.6. The molecule has 1 atom stereocenters. The summed E-state index contributed by atoms with van der Waals surface area (Å²) in [5, 5.41) is 6.13. The van der Waals surface area contributed by atoms with E-state index in [0.717, 1.165) is 33.5 Å². The topological polar surface area (TPSA) is 195 Å². The quantitative estimate of drug-likeness (QED) is 0.0811. The van der Waals surface area contributed by atoms with Gasteiger partial charge in [0.05, 0.1) is 37.0 Å². The number of methoxy groups -OCH3 is 1. The van der Waals surface area contributed by atoms with E-state index in [1.165, 1.54) is 25.4 Å². The third kappa shape index (κ3) is 8.37. The van der Waals surface area contributed by atoms with Gasteiger partial charge in [-0.1, -0.05) is 24.3 Å². The molecule has 4 amide bonds. The molecule has 0 saturated carbocycles. The number of carbonyl (C=O) groups is 4. The molecule has 6 aromatic rings. The Hall–Kier alpha value is -7.31. The second-order valence-electron chi connectivity index (χ2n) is 14.1. The lowest BCUT2D eigenvalue weighted by atomic mass is 9.98. The number of benzene rings is 4. The molecule has 18 heteroatoms. The van der Waals surface area contributed by atoms with Crippen molar-refractivity contribution in [2.75, 3.05) is 43.5 Å². The average molecular weight is 863 g/mol. The maximum Gasteiger partial charge on any atom is 0.264 e. The monoisotopic (exact) mass is 862 g/mol. The van der Waals surface area contributed by atoms with Gasteiger partial charge in [0, 0.05) is 48.1 Å². The lowest BCUT2D eigenvalue weighted by Gasteiger charge is -2.27. The largest absolute Gasteiger partial charge is 0.491 e. The van der Waals surface area contributed by atoms with Crippen molar-refractivity contribution in [3.05, 3.63) is 126 Å². The van der Waals surface area contributed by atoms with Gasteiger partial charge < -0.3 is 19.5 Å². The summed E-state index contributed by atoms with van der Waals surface area (Å²) >= 11 is 0. The molecule has 316 valence electrons. The number of nitrogens with zero attached hydrogens (tertiary/aromatic N) is 3. The first-order valence-corrected chi connectivity index (χ1v) is 20.7. The molecule has 1 fully saturated rings. The Balaban J connectivity index is 0.872. The fourth-order valence-corrected chi connectivity index (χ4v) is 8.40. The van der Waals surface area contributed by atoms with Crippen LogP contribution in [-0.2, 0) is 24.3 Å². The second-order valence-corrected chi connectivity index (χ2v) is 15.8. The molecule has 0 spiro atoms. The highest BCUT2D eigenvalue weighted by molar-refractivity contribution is 7.92. The van der Waals surface area contributed by atoms with Gasteiger partial charge in [0.1, 0.15) is 40.6 Å². The van der Waals surface area contributed by atoms with E-state index in [-0.39, 0.29) is 55.4 Å². The van der Waals surface area contributed by atoms with Crippen LogP contribution in [0.3, 0.4) is 0 Å². The zero-order chi connectivity index (χ0) is 43.5. The maximum absolute atomic E-state index is 14.4. The highest BCUT2D eigenvalue weighted by atomic mass is 32.2. The van der Waals surface area contributed by atoms with E-state index < -0.39 is 56.2 Å². The number of imide groups is 2. The van der Waals surface area contributed by atoms with Crippen molar-refractivity contribution in [3.63, 3.8) is 0 Å². The van der Waals surface area contributed by atoms with Gasteiger partial charge in [0.15, 0.2) is 0 Å². The number of nitrogens with one attached hydrogen (secondary N) is 3. The zero-order valence-corrected chi connectivity index (χ0v) is 33.6. The van der Waals surface area contributed by atoms with Crippen molar-refractivity contribution in [1.82, 2.24) is 20.2 Å². The molecule has 4 heterocycles. The van der Waals surface area contributed by atoms with Gasteiger partial charge in [0.2, 0.25) is 17.7 Å². The Morgan fingerprint density at radius 2 is 1.63 bits per heavy atom. The van der Waals surface area contributed by atoms with Crippen molar-refractivity contribution in [2.45, 2.75) is 23.8 Å². The number of carbonyl (C=O) groups excluding carboxylic acids is 4. The predicted octanol–water partition coefficient (Wildman–Crippen LogP) is 5.96. The summed E-state index contributed by atoms with van der Waals surface area (Å²) in [5.41, 5.74) is 4.39. The summed E-state index contributed by atoms with van der Waals surface area (Å²) < 4.78 is 73.3. The molecule has 3 N–H and O–H groups in total. The third-order valence-electron chi connectivity index (χ3n) is 10.2. The Bertz CT molecular complexity index is 2880. The molecule has 0 radical (unpaired) electrons. The summed E-state index contributed by atoms with van der Waals surface area (Å²) in [5.74, 6) is -3.90. The van der Waals surface area contributed by atoms with E-state index in [9.17, 15) is 36.4 Å². The summed E-state index contributed by atoms with van der Waals surface area (Å²) in [6.07, 6.45) is 3.32. The number of fused-ring (bicyclic) bond motifs is 2. The molecule has 8 rings (SSSR count). The molecule has 2 aromatic heterocycles. The first-order valence-electron chi connectivity index (χ1n) is 19.2. The van der Waals surface area contributed by atoms with Gasteiger partial charge in [-0.05, 0) is 83.8 Å². The summed E-state index contributed by atoms with van der Waals surface area (Å²) in [4.78, 5) is 59.4. The number of hydrogen-bond donors (Lipinski definition) is 3. The maximum atomic E-state index is 14.4. The van der Waals surface area contributed by atoms with Gasteiger partial charge in [0.25, 0.3) is 21.8 Å². The summed E-state index contributed by atoms with van der Waals surface area (Å²) in [6.45, 7) is 1.10. The van der Waals surface area contributed by atoms with Crippen LogP contribution < -0.4 is 24.8 Å². The predicted molar refractivity (Wildman–Crippen MR) is 222 cm³/mol. The van der Waals surface area contributed by atoms with Crippen molar-refractivity contribution in [3.8, 4) is 33.9 Å². The molecule has 0 bridgehead atoms. The summed E-state index contributed by atoms with van der Waals surface area (Å²) in [7, 11) is -3.17. The molecule has 62 heavy (non-hydrogen) atoms. The number of hydrogen-bond acceptors (Lipinski definition) is 12. The highest BCUT2D eigenvalue weighted by Gasteiger charge is 2.45. The Labute approximate surface area is 353 Å². The Morgan fingerprint density at radius 1 is 0.823 bits per heavy atom. The molecule has 15 nitrogen and oxygen atoms in total. The molecular weight excluding hydrogens is 827 g/mol. The summed E-state index contributed by atoms with van der Waals surface area (Å²) in [6, 6.07) is 22.4. The van der Waals surface area contributed by atoms with Gasteiger partial charge in [-0.15, -0.1) is 0 Å². The van der Waals surface area contributed by atoms with Crippen LogP contribution in [0.15, 0.2) is 108 Å². The number of ether oxygens (including phenoxy) is 3. The van der Waals surface area contributed by atoms with Crippen LogP contribution in [-0.4, -0.2) is 86.4 Å². The molecule has 2 aliphatic heterocycles. The normalized spacial score (nSPS) is 15.1. The fraction of sp³-hybridized carbons (Fsp3) is 0.182. The lowest BCUT2D eigenvalue weighted by molar-refractivity contribution is -0.136. The number of halogens is 2. The highest BCUT2D eigenvalue weighted by Crippen LogP contribution is 2.36. The SMILES string of the molecule is COc1ncc(-c2ccc3nccc(-c4ccc(OCCOCCNc5cccc6c5C(=O)N(C5CCC(=O)NC5=O)C6=O)cc4)c3c2)cc1NS(=O)(=O)c1ccc(F)cc1F. The number of amides is 4. The Morgan fingerprint density at radius 3 is 2.40 bits per heavy atom. The minimum atomic E-state index is -4.48. The standard InChI is InChI=1S/C44H36F2N6O9S/c1-59-42-36(51-62(57,58)38-13-8-28(45)23-33(38)46)22-27(24-49-42)26-7-11-34-32(21-26)30(15-16-47-34)25-5-9-29(10-6-25)61-20-19-60-18-17-48-35-4-2-3-31-40(35)44(56)52(43(31)55)37-12-14-39(53)50-41(37)54/h2-11,13,15-16,21-24,37,48,51H,12,14,17-20H2,1H3,(H,50,53,54). The minimum Gasteiger partial charge on any atom is -0.491 e. The van der Waals surface area contributed by atoms with Gasteiger partial charge in [-0.25, -0.2) is 22.2 Å². The lowest BCUT2D eigenvalue weighted by Crippen LogP contribution is -2.54. The van der Waals surface area contributed by atoms with Crippen LogP contribution in [0.1, 0.15) is 33.6 Å². The smallest absolute Gasteiger partial charge is 0.264 e. The second kappa shape index (κ2) is 17.3. The van der Waals surface area contributed by atoms with Gasteiger partial charge in [-0.2, -0.15) is 0 Å². The molecule has 2 aliphatic rings. The average Bonchev–Trinajstić information content (AvgIpc) is 3.51. The van der Waals surface area contributed by atoms with E-state index in [0.29, 0.717) is 40.7 Å². The van der Waals surface area contributed by atoms with E-state index in [4.69, 9.17) is 14.2 Å². The van der Waals surface area contributed by atoms with Crippen molar-refractivity contribution in [1.29, 1.82) is 0 Å². The number of pyridine rings is 2. The number of piperidine rings is 1. The first-order chi connectivity index (χ1) is 29.9. The zero-order valence-electron chi connectivity index (χ0n) is 32.8. The number of aromatic nitrogens is 2. The first kappa shape index (κ1) is 41.4. The Kier molecular flexibility index (Phi) is 11.6. The van der Waals surface area contributed by atoms with Gasteiger partial charge >= 0.3 is 0 Å². The van der Waals surface area contributed by atoms with Crippen molar-refractivity contribution < 1.29 is 50.6 Å². The number of anilines is 2. The van der Waals surface area contributed by atoms with E-state index in [1.54, 1.807) is 18.3 Å². The molecule has 0 aliphatic carbocycles. The molecule has 1 saturated heterocycles. The van der Waals surface area contributed by atoms with Crippen LogP contribution in [0.4, 0.5) is 20.2 Å². The molecular formula is C44H36F2N6O9S. The van der Waals surface area contributed by atoms with Crippen LogP contribution in [0, 0.1) is 11.6 Å². The molecule has 1 unspecified atom stereocenters. The number of sulfonamides is 1. The van der Waals surface area contributed by atoms with Crippen LogP contribution in [0.2, 0.25) is 0 Å². The van der Waals surface area contributed by atoms with E-state index in [2.05, 4.69) is 25.3 Å². The van der Waals surface area contributed by atoms with Crippen LogP contribution in [0.25, 0.3) is 33.2 Å². The van der Waals surface area contributed by atoms with E-state index >= 15 is 0 Å². The van der Waals surface area contributed by atoms with Gasteiger partial charge in [-0.3, -0.25) is 39.1 Å². The van der Waals surface area contributed by atoms with Crippen molar-refractivity contribution in [2.24, 2.45) is 0 Å². The van der Waals surface area contributed by atoms with E-state index in [1.807, 2.05) is 48.5 Å². The molecule has 4 aromatic carbocycles. The number of rotatable bonds is 15. The fourth-order valence-electron chi connectivity index (χ4n) is 7.29. The van der Waals surface area contributed by atoms with Crippen LogP contribution >= 0.6 is 0 Å².